The predicted molar refractivity (Wildman–Crippen MR) is 62.8 cm³/mol. The van der Waals surface area contributed by atoms with Crippen LogP contribution in [-0.2, 0) is 0 Å². The number of hydrogen-bond donors (Lipinski definition) is 1. The van der Waals surface area contributed by atoms with Gasteiger partial charge >= 0.3 is 0 Å². The Morgan fingerprint density at radius 2 is 1.93 bits per heavy atom. The van der Waals surface area contributed by atoms with Crippen LogP contribution in [0.4, 0.5) is 0 Å². The molecule has 1 saturated carbocycles. The van der Waals surface area contributed by atoms with Crippen LogP contribution >= 0.6 is 0 Å². The molecule has 1 saturated heterocycles. The summed E-state index contributed by atoms with van der Waals surface area (Å²) in [5.41, 5.74) is 0. The lowest BCUT2D eigenvalue weighted by molar-refractivity contribution is 0.0272. The van der Waals surface area contributed by atoms with Crippen LogP contribution in [0.5, 0.6) is 0 Å². The first-order chi connectivity index (χ1) is 7.25. The normalized spacial score (nSPS) is 34.8. The molecule has 1 aliphatic heterocycles. The largest absolute Gasteiger partial charge is 0.392 e. The van der Waals surface area contributed by atoms with Gasteiger partial charge in [-0.2, -0.15) is 0 Å². The summed E-state index contributed by atoms with van der Waals surface area (Å²) >= 11 is 0. The Kier molecular flexibility index (Phi) is 4.04. The average molecular weight is 211 g/mol. The summed E-state index contributed by atoms with van der Waals surface area (Å²) in [6, 6.07) is 0. The van der Waals surface area contributed by atoms with Crippen LogP contribution in [-0.4, -0.2) is 35.7 Å². The molecule has 0 amide bonds. The van der Waals surface area contributed by atoms with Gasteiger partial charge in [0.25, 0.3) is 0 Å². The SMILES string of the molecule is CC1CCN(CCC2CCCC2)CC1O. The zero-order chi connectivity index (χ0) is 10.7. The molecule has 15 heavy (non-hydrogen) atoms. The maximum absolute atomic E-state index is 9.80. The molecular formula is C13H25NO. The summed E-state index contributed by atoms with van der Waals surface area (Å²) in [6.07, 6.45) is 8.25. The first-order valence-corrected chi connectivity index (χ1v) is 6.66. The molecule has 0 aromatic heterocycles. The van der Waals surface area contributed by atoms with E-state index >= 15 is 0 Å². The first kappa shape index (κ1) is 11.4. The summed E-state index contributed by atoms with van der Waals surface area (Å²) in [6.45, 7) is 5.49. The molecule has 2 nitrogen and oxygen atoms in total. The number of β-amino-alcohol motifs (C(OH)–C–C–N with tert-alkyl or cyclic N) is 1. The third-order valence-corrected chi connectivity index (χ3v) is 4.33. The van der Waals surface area contributed by atoms with Crippen molar-refractivity contribution in [3.8, 4) is 0 Å². The Bertz CT molecular complexity index is 189. The highest BCUT2D eigenvalue weighted by Crippen LogP contribution is 2.28. The van der Waals surface area contributed by atoms with E-state index in [-0.39, 0.29) is 6.10 Å². The van der Waals surface area contributed by atoms with Crippen LogP contribution in [0.2, 0.25) is 0 Å². The molecule has 2 atom stereocenters. The van der Waals surface area contributed by atoms with Crippen LogP contribution < -0.4 is 0 Å². The first-order valence-electron chi connectivity index (χ1n) is 6.66. The van der Waals surface area contributed by atoms with Crippen molar-refractivity contribution in [3.05, 3.63) is 0 Å². The summed E-state index contributed by atoms with van der Waals surface area (Å²) in [4.78, 5) is 2.46. The van der Waals surface area contributed by atoms with Gasteiger partial charge in [-0.1, -0.05) is 32.6 Å². The average Bonchev–Trinajstić information content (AvgIpc) is 2.73. The molecule has 0 aromatic rings. The summed E-state index contributed by atoms with van der Waals surface area (Å²) in [7, 11) is 0. The van der Waals surface area contributed by atoms with Gasteiger partial charge in [0.1, 0.15) is 0 Å². The summed E-state index contributed by atoms with van der Waals surface area (Å²) in [5.74, 6) is 1.49. The molecule has 1 N–H and O–H groups in total. The van der Waals surface area contributed by atoms with Crippen LogP contribution in [0.15, 0.2) is 0 Å². The van der Waals surface area contributed by atoms with Crippen molar-refractivity contribution in [2.24, 2.45) is 11.8 Å². The van der Waals surface area contributed by atoms with Gasteiger partial charge in [-0.25, -0.2) is 0 Å². The van der Waals surface area contributed by atoms with Crippen molar-refractivity contribution in [1.82, 2.24) is 4.90 Å². The summed E-state index contributed by atoms with van der Waals surface area (Å²) < 4.78 is 0. The maximum atomic E-state index is 9.80. The second kappa shape index (κ2) is 5.31. The zero-order valence-corrected chi connectivity index (χ0v) is 9.99. The van der Waals surface area contributed by atoms with Gasteiger partial charge in [0.15, 0.2) is 0 Å². The zero-order valence-electron chi connectivity index (χ0n) is 9.99. The van der Waals surface area contributed by atoms with Crippen molar-refractivity contribution in [1.29, 1.82) is 0 Å². The molecule has 1 aliphatic carbocycles. The topological polar surface area (TPSA) is 23.5 Å². The van der Waals surface area contributed by atoms with Crippen molar-refractivity contribution in [2.75, 3.05) is 19.6 Å². The Morgan fingerprint density at radius 1 is 1.20 bits per heavy atom. The fraction of sp³-hybridized carbons (Fsp3) is 1.00. The van der Waals surface area contributed by atoms with E-state index in [9.17, 15) is 5.11 Å². The second-order valence-electron chi connectivity index (χ2n) is 5.57. The fourth-order valence-corrected chi connectivity index (χ4v) is 2.98. The van der Waals surface area contributed by atoms with E-state index in [2.05, 4.69) is 11.8 Å². The highest BCUT2D eigenvalue weighted by atomic mass is 16.3. The lowest BCUT2D eigenvalue weighted by atomic mass is 9.95. The predicted octanol–water partition coefficient (Wildman–Crippen LogP) is 2.27. The highest BCUT2D eigenvalue weighted by molar-refractivity contribution is 4.78. The highest BCUT2D eigenvalue weighted by Gasteiger charge is 2.24. The van der Waals surface area contributed by atoms with E-state index < -0.39 is 0 Å². The molecule has 2 aliphatic rings. The minimum absolute atomic E-state index is 0.0812. The number of aliphatic hydroxyl groups is 1. The molecule has 2 heteroatoms. The Balaban J connectivity index is 1.66. The Hall–Kier alpha value is -0.0800. The van der Waals surface area contributed by atoms with Crippen LogP contribution in [0, 0.1) is 11.8 Å². The van der Waals surface area contributed by atoms with E-state index in [1.54, 1.807) is 0 Å². The van der Waals surface area contributed by atoms with Crippen molar-refractivity contribution < 1.29 is 5.11 Å². The lowest BCUT2D eigenvalue weighted by Gasteiger charge is -2.34. The van der Waals surface area contributed by atoms with Gasteiger partial charge in [-0.05, 0) is 37.8 Å². The van der Waals surface area contributed by atoms with Gasteiger partial charge in [0.2, 0.25) is 0 Å². The van der Waals surface area contributed by atoms with Crippen LogP contribution in [0.25, 0.3) is 0 Å². The smallest absolute Gasteiger partial charge is 0.0693 e. The number of likely N-dealkylation sites (tertiary alicyclic amines) is 1. The standard InChI is InChI=1S/C13H25NO/c1-11-6-8-14(10-13(11)15)9-7-12-4-2-3-5-12/h11-13,15H,2-10H2,1H3. The molecule has 2 rings (SSSR count). The van der Waals surface area contributed by atoms with Gasteiger partial charge < -0.3 is 10.0 Å². The van der Waals surface area contributed by atoms with Gasteiger partial charge in [-0.3, -0.25) is 0 Å². The minimum Gasteiger partial charge on any atom is -0.392 e. The van der Waals surface area contributed by atoms with Gasteiger partial charge in [-0.15, -0.1) is 0 Å². The molecule has 0 bridgehead atoms. The molecule has 1 heterocycles. The third kappa shape index (κ3) is 3.18. The van der Waals surface area contributed by atoms with Gasteiger partial charge in [0.05, 0.1) is 6.10 Å². The number of piperidine rings is 1. The monoisotopic (exact) mass is 211 g/mol. The van der Waals surface area contributed by atoms with E-state index in [0.29, 0.717) is 5.92 Å². The van der Waals surface area contributed by atoms with Crippen molar-refractivity contribution in [3.63, 3.8) is 0 Å². The second-order valence-corrected chi connectivity index (χ2v) is 5.57. The van der Waals surface area contributed by atoms with Gasteiger partial charge in [0, 0.05) is 6.54 Å². The minimum atomic E-state index is -0.0812. The number of rotatable bonds is 3. The molecule has 0 radical (unpaired) electrons. The lowest BCUT2D eigenvalue weighted by Crippen LogP contribution is -2.43. The molecule has 2 unspecified atom stereocenters. The third-order valence-electron chi connectivity index (χ3n) is 4.33. The van der Waals surface area contributed by atoms with E-state index in [1.807, 2.05) is 0 Å². The number of aliphatic hydroxyl groups excluding tert-OH is 1. The van der Waals surface area contributed by atoms with E-state index in [0.717, 1.165) is 12.5 Å². The van der Waals surface area contributed by atoms with Crippen molar-refractivity contribution in [2.45, 2.75) is 51.6 Å². The molecule has 88 valence electrons. The molecule has 0 aromatic carbocycles. The number of hydrogen-bond acceptors (Lipinski definition) is 2. The van der Waals surface area contributed by atoms with E-state index in [1.165, 1.54) is 51.6 Å². The molecule has 0 spiro atoms. The van der Waals surface area contributed by atoms with Crippen molar-refractivity contribution >= 4 is 0 Å². The van der Waals surface area contributed by atoms with E-state index in [4.69, 9.17) is 0 Å². The van der Waals surface area contributed by atoms with Crippen LogP contribution in [0.3, 0.4) is 0 Å². The molecule has 2 fully saturated rings. The molecular weight excluding hydrogens is 186 g/mol. The van der Waals surface area contributed by atoms with Crippen LogP contribution in [0.1, 0.15) is 45.4 Å². The maximum Gasteiger partial charge on any atom is 0.0693 e. The quantitative estimate of drug-likeness (QED) is 0.774. The summed E-state index contributed by atoms with van der Waals surface area (Å²) in [5, 5.41) is 9.80. The fourth-order valence-electron chi connectivity index (χ4n) is 2.98. The number of nitrogens with zero attached hydrogens (tertiary/aromatic N) is 1. The Morgan fingerprint density at radius 3 is 2.60 bits per heavy atom. The Labute approximate surface area is 93.7 Å².